The summed E-state index contributed by atoms with van der Waals surface area (Å²) in [5, 5.41) is 13.6. The first kappa shape index (κ1) is 20.6. The van der Waals surface area contributed by atoms with Gasteiger partial charge in [0.15, 0.2) is 5.16 Å². The summed E-state index contributed by atoms with van der Waals surface area (Å²) in [7, 11) is 0. The molecule has 2 aromatic carbocycles. The molecular formula is C22H21N3O3S2. The molecule has 154 valence electrons. The van der Waals surface area contributed by atoms with E-state index in [2.05, 4.69) is 17.2 Å². The molecule has 0 saturated heterocycles. The molecule has 2 N–H and O–H groups in total. The smallest absolute Gasteiger partial charge is 0.272 e. The molecule has 0 spiro atoms. The molecule has 0 fully saturated rings. The van der Waals surface area contributed by atoms with Crippen LogP contribution in [-0.4, -0.2) is 32.9 Å². The van der Waals surface area contributed by atoms with Gasteiger partial charge in [0.05, 0.1) is 24.4 Å². The number of rotatable bonds is 7. The van der Waals surface area contributed by atoms with Crippen molar-refractivity contribution in [2.45, 2.75) is 25.0 Å². The van der Waals surface area contributed by atoms with E-state index in [1.54, 1.807) is 0 Å². The van der Waals surface area contributed by atoms with Crippen LogP contribution in [0, 0.1) is 0 Å². The van der Waals surface area contributed by atoms with E-state index in [9.17, 15) is 14.7 Å². The fourth-order valence-electron chi connectivity index (χ4n) is 3.21. The monoisotopic (exact) mass is 439 g/mol. The largest absolute Gasteiger partial charge is 0.395 e. The van der Waals surface area contributed by atoms with E-state index < -0.39 is 0 Å². The van der Waals surface area contributed by atoms with Gasteiger partial charge in [-0.2, -0.15) is 0 Å². The van der Waals surface area contributed by atoms with Crippen molar-refractivity contribution in [2.24, 2.45) is 0 Å². The van der Waals surface area contributed by atoms with E-state index in [0.717, 1.165) is 22.2 Å². The number of nitrogens with one attached hydrogen (secondary N) is 1. The first-order valence-electron chi connectivity index (χ1n) is 9.65. The number of aliphatic hydroxyl groups excluding tert-OH is 1. The van der Waals surface area contributed by atoms with E-state index in [0.29, 0.717) is 15.4 Å². The molecular weight excluding hydrogens is 418 g/mol. The van der Waals surface area contributed by atoms with Crippen LogP contribution in [0.25, 0.3) is 20.3 Å². The molecule has 0 atom stereocenters. The summed E-state index contributed by atoms with van der Waals surface area (Å²) in [6.07, 6.45) is 0.942. The normalized spacial score (nSPS) is 11.3. The molecule has 2 aromatic heterocycles. The van der Waals surface area contributed by atoms with Crippen molar-refractivity contribution in [1.82, 2.24) is 9.55 Å². The predicted octanol–water partition coefficient (Wildman–Crippen LogP) is 3.90. The number of carbonyl (C=O) groups excluding carboxylic acids is 1. The maximum Gasteiger partial charge on any atom is 0.272 e. The third-order valence-corrected chi connectivity index (χ3v) is 6.87. The highest BCUT2D eigenvalue weighted by Crippen LogP contribution is 2.31. The van der Waals surface area contributed by atoms with Gasteiger partial charge in [0.25, 0.3) is 5.56 Å². The third-order valence-electron chi connectivity index (χ3n) is 4.75. The minimum absolute atomic E-state index is 0.112. The minimum atomic E-state index is -0.187. The fourth-order valence-corrected chi connectivity index (χ4v) is 5.12. The van der Waals surface area contributed by atoms with Crippen molar-refractivity contribution in [3.8, 4) is 0 Å². The molecule has 1 amide bonds. The Bertz CT molecular complexity index is 1260. The first-order valence-corrected chi connectivity index (χ1v) is 11.5. The Hall–Kier alpha value is -2.68. The van der Waals surface area contributed by atoms with Gasteiger partial charge in [-0.15, -0.1) is 11.3 Å². The highest BCUT2D eigenvalue weighted by Gasteiger charge is 2.17. The van der Waals surface area contributed by atoms with Crippen LogP contribution >= 0.6 is 23.1 Å². The van der Waals surface area contributed by atoms with Crippen molar-refractivity contribution >= 4 is 55.0 Å². The number of aromatic nitrogens is 2. The predicted molar refractivity (Wildman–Crippen MR) is 124 cm³/mol. The summed E-state index contributed by atoms with van der Waals surface area (Å²) >= 11 is 2.60. The van der Waals surface area contributed by atoms with Crippen molar-refractivity contribution in [3.05, 3.63) is 64.4 Å². The number of benzene rings is 2. The minimum Gasteiger partial charge on any atom is -0.395 e. The summed E-state index contributed by atoms with van der Waals surface area (Å²) in [5.41, 5.74) is 2.40. The van der Waals surface area contributed by atoms with Crippen LogP contribution in [0.1, 0.15) is 12.5 Å². The van der Waals surface area contributed by atoms with Gasteiger partial charge in [0.1, 0.15) is 4.70 Å². The van der Waals surface area contributed by atoms with E-state index >= 15 is 0 Å². The Balaban J connectivity index is 1.60. The number of hydrogen-bond acceptors (Lipinski definition) is 6. The second kappa shape index (κ2) is 8.99. The van der Waals surface area contributed by atoms with Crippen molar-refractivity contribution in [2.75, 3.05) is 17.7 Å². The summed E-state index contributed by atoms with van der Waals surface area (Å²) in [5.74, 6) is -0.0645. The second-order valence-corrected chi connectivity index (χ2v) is 8.73. The zero-order valence-corrected chi connectivity index (χ0v) is 18.1. The molecule has 0 radical (unpaired) electrons. The Kier molecular flexibility index (Phi) is 6.17. The van der Waals surface area contributed by atoms with Gasteiger partial charge < -0.3 is 10.4 Å². The lowest BCUT2D eigenvalue weighted by atomic mass is 10.1. The standard InChI is InChI=1S/C22H21N3O3S2/c1-2-14-7-9-15(10-8-14)23-18(27)13-29-22-24-19-16-5-3-4-6-17(16)30-20(19)21(28)25(22)11-12-26/h3-10,26H,2,11-13H2,1H3,(H,23,27). The summed E-state index contributed by atoms with van der Waals surface area (Å²) in [4.78, 5) is 30.1. The maximum atomic E-state index is 13.0. The highest BCUT2D eigenvalue weighted by molar-refractivity contribution is 7.99. The number of aliphatic hydroxyl groups is 1. The van der Waals surface area contributed by atoms with Crippen LogP contribution in [0.2, 0.25) is 0 Å². The second-order valence-electron chi connectivity index (χ2n) is 6.74. The van der Waals surface area contributed by atoms with Crippen molar-refractivity contribution < 1.29 is 9.90 Å². The van der Waals surface area contributed by atoms with Gasteiger partial charge in [-0.25, -0.2) is 4.98 Å². The highest BCUT2D eigenvalue weighted by atomic mass is 32.2. The SMILES string of the molecule is CCc1ccc(NC(=O)CSc2nc3c(sc4ccccc43)c(=O)n2CCO)cc1. The van der Waals surface area contributed by atoms with E-state index in [1.165, 1.54) is 33.2 Å². The van der Waals surface area contributed by atoms with Crippen LogP contribution in [0.3, 0.4) is 0 Å². The van der Waals surface area contributed by atoms with Crippen LogP contribution in [-0.2, 0) is 17.8 Å². The van der Waals surface area contributed by atoms with Crippen molar-refractivity contribution in [1.29, 1.82) is 0 Å². The Morgan fingerprint density at radius 1 is 1.20 bits per heavy atom. The number of fused-ring (bicyclic) bond motifs is 3. The van der Waals surface area contributed by atoms with Crippen LogP contribution in [0.5, 0.6) is 0 Å². The molecule has 0 aliphatic rings. The molecule has 0 saturated carbocycles. The number of thiophene rings is 1. The molecule has 30 heavy (non-hydrogen) atoms. The van der Waals surface area contributed by atoms with Gasteiger partial charge >= 0.3 is 0 Å². The van der Waals surface area contributed by atoms with E-state index in [-0.39, 0.29) is 30.4 Å². The number of amides is 1. The van der Waals surface area contributed by atoms with Crippen LogP contribution in [0.4, 0.5) is 5.69 Å². The Morgan fingerprint density at radius 2 is 1.97 bits per heavy atom. The van der Waals surface area contributed by atoms with Gasteiger partial charge in [0, 0.05) is 15.8 Å². The molecule has 0 aliphatic carbocycles. The summed E-state index contributed by atoms with van der Waals surface area (Å²) < 4.78 is 3.00. The number of nitrogens with zero attached hydrogens (tertiary/aromatic N) is 2. The molecule has 6 nitrogen and oxygen atoms in total. The topological polar surface area (TPSA) is 84.2 Å². The lowest BCUT2D eigenvalue weighted by Crippen LogP contribution is -2.25. The average Bonchev–Trinajstić information content (AvgIpc) is 3.14. The maximum absolute atomic E-state index is 13.0. The summed E-state index contributed by atoms with van der Waals surface area (Å²) in [6, 6.07) is 15.5. The van der Waals surface area contributed by atoms with E-state index in [4.69, 9.17) is 0 Å². The zero-order chi connectivity index (χ0) is 21.1. The average molecular weight is 440 g/mol. The number of anilines is 1. The van der Waals surface area contributed by atoms with Gasteiger partial charge in [-0.05, 0) is 30.2 Å². The molecule has 0 aliphatic heterocycles. The quantitative estimate of drug-likeness (QED) is 0.337. The Morgan fingerprint density at radius 3 is 2.70 bits per heavy atom. The lowest BCUT2D eigenvalue weighted by Gasteiger charge is -2.11. The molecule has 4 rings (SSSR count). The molecule has 0 bridgehead atoms. The number of hydrogen-bond donors (Lipinski definition) is 2. The van der Waals surface area contributed by atoms with Gasteiger partial charge in [-0.1, -0.05) is 49.0 Å². The molecule has 4 aromatic rings. The summed E-state index contributed by atoms with van der Waals surface area (Å²) in [6.45, 7) is 2.04. The molecule has 0 unspecified atom stereocenters. The first-order chi connectivity index (χ1) is 14.6. The zero-order valence-electron chi connectivity index (χ0n) is 16.4. The molecule has 2 heterocycles. The lowest BCUT2D eigenvalue weighted by molar-refractivity contribution is -0.113. The number of carbonyl (C=O) groups is 1. The van der Waals surface area contributed by atoms with Crippen LogP contribution < -0.4 is 10.9 Å². The number of aryl methyl sites for hydroxylation is 1. The van der Waals surface area contributed by atoms with Gasteiger partial charge in [0.2, 0.25) is 5.91 Å². The van der Waals surface area contributed by atoms with Crippen LogP contribution in [0.15, 0.2) is 58.5 Å². The van der Waals surface area contributed by atoms with E-state index in [1.807, 2.05) is 48.5 Å². The Labute approximate surface area is 181 Å². The molecule has 8 heteroatoms. The number of thioether (sulfide) groups is 1. The third kappa shape index (κ3) is 4.12. The van der Waals surface area contributed by atoms with Crippen molar-refractivity contribution in [3.63, 3.8) is 0 Å². The van der Waals surface area contributed by atoms with Gasteiger partial charge in [-0.3, -0.25) is 14.2 Å². The fraction of sp³-hybridized carbons (Fsp3) is 0.227.